The maximum absolute atomic E-state index is 12.7. The summed E-state index contributed by atoms with van der Waals surface area (Å²) in [4.78, 5) is 12.4. The van der Waals surface area contributed by atoms with Gasteiger partial charge in [-0.3, -0.25) is 4.79 Å². The van der Waals surface area contributed by atoms with E-state index in [1.165, 1.54) is 10.4 Å². The Morgan fingerprint density at radius 2 is 1.95 bits per heavy atom. The number of rotatable bonds is 6. The zero-order valence-corrected chi connectivity index (χ0v) is 14.1. The monoisotopic (exact) mass is 324 g/mol. The van der Waals surface area contributed by atoms with Crippen LogP contribution in [0.2, 0.25) is 0 Å². The minimum absolute atomic E-state index is 0.216. The molecule has 0 radical (unpaired) electrons. The van der Waals surface area contributed by atoms with E-state index in [9.17, 15) is 13.2 Å². The molecule has 0 unspecified atom stereocenters. The SMILES string of the molecule is CCCCNC(=O)c1ccc(C)c(S(=O)(=O)N2CCCC2)c1. The number of unbranched alkanes of at least 4 members (excludes halogenated alkanes) is 1. The molecular weight excluding hydrogens is 300 g/mol. The highest BCUT2D eigenvalue weighted by Crippen LogP contribution is 2.24. The molecule has 1 aromatic rings. The first kappa shape index (κ1) is 17.0. The Balaban J connectivity index is 2.25. The van der Waals surface area contributed by atoms with Crippen molar-refractivity contribution in [1.29, 1.82) is 0 Å². The van der Waals surface area contributed by atoms with Crippen LogP contribution in [0.1, 0.15) is 48.5 Å². The summed E-state index contributed by atoms with van der Waals surface area (Å²) < 4.78 is 26.9. The summed E-state index contributed by atoms with van der Waals surface area (Å²) in [6, 6.07) is 4.89. The minimum atomic E-state index is -3.50. The van der Waals surface area contributed by atoms with Crippen LogP contribution < -0.4 is 5.32 Å². The predicted octanol–water partition coefficient (Wildman–Crippen LogP) is 2.31. The van der Waals surface area contributed by atoms with Gasteiger partial charge in [-0.1, -0.05) is 19.4 Å². The second-order valence-corrected chi connectivity index (χ2v) is 7.61. The molecule has 1 N–H and O–H groups in total. The highest BCUT2D eigenvalue weighted by atomic mass is 32.2. The van der Waals surface area contributed by atoms with Gasteiger partial charge in [-0.2, -0.15) is 4.31 Å². The number of sulfonamides is 1. The molecule has 0 aromatic heterocycles. The molecule has 1 fully saturated rings. The minimum Gasteiger partial charge on any atom is -0.352 e. The molecule has 22 heavy (non-hydrogen) atoms. The van der Waals surface area contributed by atoms with Crippen LogP contribution in [0.3, 0.4) is 0 Å². The highest BCUT2D eigenvalue weighted by molar-refractivity contribution is 7.89. The fraction of sp³-hybridized carbons (Fsp3) is 0.562. The van der Waals surface area contributed by atoms with Gasteiger partial charge in [0.15, 0.2) is 0 Å². The third-order valence-corrected chi connectivity index (χ3v) is 5.99. The molecule has 5 nitrogen and oxygen atoms in total. The summed E-state index contributed by atoms with van der Waals surface area (Å²) in [5.41, 5.74) is 1.08. The average molecular weight is 324 g/mol. The third-order valence-electron chi connectivity index (χ3n) is 3.95. The molecule has 122 valence electrons. The van der Waals surface area contributed by atoms with Crippen molar-refractivity contribution in [1.82, 2.24) is 9.62 Å². The highest BCUT2D eigenvalue weighted by Gasteiger charge is 2.29. The number of hydrogen-bond donors (Lipinski definition) is 1. The van der Waals surface area contributed by atoms with Gasteiger partial charge in [0.2, 0.25) is 10.0 Å². The van der Waals surface area contributed by atoms with E-state index in [0.717, 1.165) is 25.7 Å². The van der Waals surface area contributed by atoms with Gasteiger partial charge in [-0.05, 0) is 43.9 Å². The van der Waals surface area contributed by atoms with Gasteiger partial charge in [0.25, 0.3) is 5.91 Å². The fourth-order valence-electron chi connectivity index (χ4n) is 2.57. The summed E-state index contributed by atoms with van der Waals surface area (Å²) in [6.07, 6.45) is 3.71. The summed E-state index contributed by atoms with van der Waals surface area (Å²) in [7, 11) is -3.50. The number of carbonyl (C=O) groups is 1. The number of aryl methyl sites for hydroxylation is 1. The van der Waals surface area contributed by atoms with Crippen LogP contribution >= 0.6 is 0 Å². The molecule has 0 bridgehead atoms. The molecule has 1 aliphatic rings. The molecule has 0 saturated carbocycles. The molecule has 6 heteroatoms. The molecular formula is C16H24N2O3S. The van der Waals surface area contributed by atoms with Crippen LogP contribution in [0.5, 0.6) is 0 Å². The number of carbonyl (C=O) groups excluding carboxylic acids is 1. The molecule has 1 amide bonds. The number of amides is 1. The zero-order valence-electron chi connectivity index (χ0n) is 13.3. The van der Waals surface area contributed by atoms with Gasteiger partial charge in [0.1, 0.15) is 0 Å². The van der Waals surface area contributed by atoms with Crippen LogP contribution in [0.25, 0.3) is 0 Å². The number of hydrogen-bond acceptors (Lipinski definition) is 3. The first-order valence-electron chi connectivity index (χ1n) is 7.86. The molecule has 2 rings (SSSR count). The molecule has 1 aromatic carbocycles. The second-order valence-electron chi connectivity index (χ2n) is 5.70. The lowest BCUT2D eigenvalue weighted by molar-refractivity contribution is 0.0953. The lowest BCUT2D eigenvalue weighted by atomic mass is 10.1. The number of nitrogens with zero attached hydrogens (tertiary/aromatic N) is 1. The Morgan fingerprint density at radius 3 is 2.59 bits per heavy atom. The predicted molar refractivity (Wildman–Crippen MR) is 86.4 cm³/mol. The largest absolute Gasteiger partial charge is 0.352 e. The van der Waals surface area contributed by atoms with Crippen molar-refractivity contribution in [3.63, 3.8) is 0 Å². The summed E-state index contributed by atoms with van der Waals surface area (Å²) in [5, 5.41) is 2.82. The van der Waals surface area contributed by atoms with Gasteiger partial charge in [-0.25, -0.2) is 8.42 Å². The Hall–Kier alpha value is -1.40. The lowest BCUT2D eigenvalue weighted by Gasteiger charge is -2.17. The molecule has 1 aliphatic heterocycles. The van der Waals surface area contributed by atoms with Crippen LogP contribution in [0.15, 0.2) is 23.1 Å². The molecule has 0 aliphatic carbocycles. The average Bonchev–Trinajstić information content (AvgIpc) is 3.02. The van der Waals surface area contributed by atoms with Gasteiger partial charge >= 0.3 is 0 Å². The zero-order chi connectivity index (χ0) is 16.2. The number of benzene rings is 1. The van der Waals surface area contributed by atoms with Crippen molar-refractivity contribution in [2.45, 2.75) is 44.4 Å². The van der Waals surface area contributed by atoms with Crippen molar-refractivity contribution in [3.8, 4) is 0 Å². The van der Waals surface area contributed by atoms with Crippen LogP contribution in [0.4, 0.5) is 0 Å². The fourth-order valence-corrected chi connectivity index (χ4v) is 4.34. The van der Waals surface area contributed by atoms with Crippen molar-refractivity contribution in [3.05, 3.63) is 29.3 Å². The normalized spacial score (nSPS) is 15.9. The molecule has 0 atom stereocenters. The second kappa shape index (κ2) is 7.24. The van der Waals surface area contributed by atoms with E-state index in [1.807, 2.05) is 0 Å². The maximum atomic E-state index is 12.7. The van der Waals surface area contributed by atoms with Crippen LogP contribution in [0, 0.1) is 6.92 Å². The van der Waals surface area contributed by atoms with Crippen LogP contribution in [-0.4, -0.2) is 38.3 Å². The Morgan fingerprint density at radius 1 is 1.27 bits per heavy atom. The van der Waals surface area contributed by atoms with E-state index in [4.69, 9.17) is 0 Å². The van der Waals surface area contributed by atoms with E-state index in [0.29, 0.717) is 30.8 Å². The Kier molecular flexibility index (Phi) is 5.58. The van der Waals surface area contributed by atoms with Crippen molar-refractivity contribution in [2.24, 2.45) is 0 Å². The molecule has 1 heterocycles. The quantitative estimate of drug-likeness (QED) is 0.817. The molecule has 0 spiro atoms. The van der Waals surface area contributed by atoms with E-state index in [-0.39, 0.29) is 10.8 Å². The summed E-state index contributed by atoms with van der Waals surface area (Å²) >= 11 is 0. The van der Waals surface area contributed by atoms with Gasteiger partial charge in [0.05, 0.1) is 4.90 Å². The van der Waals surface area contributed by atoms with Crippen molar-refractivity contribution in [2.75, 3.05) is 19.6 Å². The smallest absolute Gasteiger partial charge is 0.251 e. The number of nitrogens with one attached hydrogen (secondary N) is 1. The van der Waals surface area contributed by atoms with Gasteiger partial charge < -0.3 is 5.32 Å². The van der Waals surface area contributed by atoms with E-state index in [2.05, 4.69) is 12.2 Å². The lowest BCUT2D eigenvalue weighted by Crippen LogP contribution is -2.29. The van der Waals surface area contributed by atoms with E-state index in [1.54, 1.807) is 19.1 Å². The van der Waals surface area contributed by atoms with Crippen LogP contribution in [-0.2, 0) is 10.0 Å². The summed E-state index contributed by atoms with van der Waals surface area (Å²) in [5.74, 6) is -0.216. The van der Waals surface area contributed by atoms with Crippen molar-refractivity contribution >= 4 is 15.9 Å². The first-order chi connectivity index (χ1) is 10.5. The summed E-state index contributed by atoms with van der Waals surface area (Å²) in [6.45, 7) is 5.56. The van der Waals surface area contributed by atoms with Gasteiger partial charge in [-0.15, -0.1) is 0 Å². The van der Waals surface area contributed by atoms with Crippen molar-refractivity contribution < 1.29 is 13.2 Å². The standard InChI is InChI=1S/C16H24N2O3S/c1-3-4-9-17-16(19)14-8-7-13(2)15(12-14)22(20,21)18-10-5-6-11-18/h7-8,12H,3-6,9-11H2,1-2H3,(H,17,19). The Bertz CT molecular complexity index is 635. The van der Waals surface area contributed by atoms with Gasteiger partial charge in [0, 0.05) is 25.2 Å². The maximum Gasteiger partial charge on any atom is 0.251 e. The first-order valence-corrected chi connectivity index (χ1v) is 9.30. The third kappa shape index (κ3) is 3.67. The van der Waals surface area contributed by atoms with E-state index >= 15 is 0 Å². The topological polar surface area (TPSA) is 66.5 Å². The molecule has 1 saturated heterocycles. The van der Waals surface area contributed by atoms with E-state index < -0.39 is 10.0 Å². The Labute approximate surface area is 132 Å².